The van der Waals surface area contributed by atoms with Gasteiger partial charge < -0.3 is 10.5 Å². The maximum Gasteiger partial charge on any atom is 0.137 e. The van der Waals surface area contributed by atoms with Crippen LogP contribution in [0, 0.1) is 0 Å². The first-order chi connectivity index (χ1) is 7.16. The van der Waals surface area contributed by atoms with E-state index in [-0.39, 0.29) is 5.54 Å². The topological polar surface area (TPSA) is 48.1 Å². The zero-order valence-corrected chi connectivity index (χ0v) is 9.79. The lowest BCUT2D eigenvalue weighted by atomic mass is 9.87. The minimum absolute atomic E-state index is 0.278. The summed E-state index contributed by atoms with van der Waals surface area (Å²) in [7, 11) is 0. The maximum atomic E-state index is 6.29. The first kappa shape index (κ1) is 12.0. The van der Waals surface area contributed by atoms with Gasteiger partial charge in [0.1, 0.15) is 5.75 Å². The minimum Gasteiger partial charge on any atom is -0.492 e. The molecule has 0 bridgehead atoms. The van der Waals surface area contributed by atoms with E-state index in [1.54, 1.807) is 6.20 Å². The van der Waals surface area contributed by atoms with Gasteiger partial charge in [0.05, 0.1) is 12.8 Å². The quantitative estimate of drug-likeness (QED) is 0.808. The van der Waals surface area contributed by atoms with Gasteiger partial charge in [-0.05, 0) is 31.4 Å². The Morgan fingerprint density at radius 3 is 2.47 bits per heavy atom. The van der Waals surface area contributed by atoms with Crippen molar-refractivity contribution in [2.75, 3.05) is 6.61 Å². The molecule has 0 radical (unpaired) electrons. The largest absolute Gasteiger partial charge is 0.492 e. The summed E-state index contributed by atoms with van der Waals surface area (Å²) < 4.78 is 5.41. The molecule has 1 heterocycles. The summed E-state index contributed by atoms with van der Waals surface area (Å²) >= 11 is 0. The Morgan fingerprint density at radius 1 is 1.27 bits per heavy atom. The fraction of sp³-hybridized carbons (Fsp3) is 0.583. The van der Waals surface area contributed by atoms with Crippen LogP contribution < -0.4 is 10.5 Å². The molecule has 84 valence electrons. The molecule has 1 aromatic rings. The van der Waals surface area contributed by atoms with Crippen LogP contribution in [0.15, 0.2) is 18.5 Å². The van der Waals surface area contributed by atoms with Gasteiger partial charge in [0.25, 0.3) is 0 Å². The van der Waals surface area contributed by atoms with E-state index in [1.165, 1.54) is 0 Å². The second-order valence-corrected chi connectivity index (χ2v) is 3.71. The normalized spacial score (nSPS) is 11.5. The SMILES string of the molecule is CCOc1cncc(C(N)(CC)CC)c1. The van der Waals surface area contributed by atoms with E-state index in [9.17, 15) is 0 Å². The number of nitrogens with two attached hydrogens (primary N) is 1. The van der Waals surface area contributed by atoms with Gasteiger partial charge in [-0.25, -0.2) is 0 Å². The lowest BCUT2D eigenvalue weighted by Gasteiger charge is -2.27. The maximum absolute atomic E-state index is 6.29. The first-order valence-corrected chi connectivity index (χ1v) is 5.53. The third-order valence-corrected chi connectivity index (χ3v) is 2.86. The van der Waals surface area contributed by atoms with Gasteiger partial charge in [0.15, 0.2) is 0 Å². The van der Waals surface area contributed by atoms with E-state index < -0.39 is 0 Å². The molecule has 2 N–H and O–H groups in total. The van der Waals surface area contributed by atoms with Crippen molar-refractivity contribution < 1.29 is 4.74 Å². The Kier molecular flexibility index (Phi) is 4.09. The molecule has 0 atom stereocenters. The predicted octanol–water partition coefficient (Wildman–Crippen LogP) is 2.45. The van der Waals surface area contributed by atoms with E-state index in [0.29, 0.717) is 6.61 Å². The molecular weight excluding hydrogens is 188 g/mol. The summed E-state index contributed by atoms with van der Waals surface area (Å²) in [5.41, 5.74) is 7.06. The monoisotopic (exact) mass is 208 g/mol. The second kappa shape index (κ2) is 5.12. The van der Waals surface area contributed by atoms with Crippen molar-refractivity contribution in [3.05, 3.63) is 24.0 Å². The van der Waals surface area contributed by atoms with Gasteiger partial charge in [-0.1, -0.05) is 13.8 Å². The number of ether oxygens (including phenoxy) is 1. The average Bonchev–Trinajstić information content (AvgIpc) is 2.29. The highest BCUT2D eigenvalue weighted by Crippen LogP contribution is 2.27. The summed E-state index contributed by atoms with van der Waals surface area (Å²) in [6.45, 7) is 6.80. The number of pyridine rings is 1. The van der Waals surface area contributed by atoms with Gasteiger partial charge in [-0.2, -0.15) is 0 Å². The molecule has 1 aromatic heterocycles. The number of rotatable bonds is 5. The van der Waals surface area contributed by atoms with Crippen LogP contribution in [0.25, 0.3) is 0 Å². The molecule has 0 amide bonds. The smallest absolute Gasteiger partial charge is 0.137 e. The van der Waals surface area contributed by atoms with E-state index in [0.717, 1.165) is 24.2 Å². The van der Waals surface area contributed by atoms with Crippen molar-refractivity contribution in [3.63, 3.8) is 0 Å². The summed E-state index contributed by atoms with van der Waals surface area (Å²) in [5.74, 6) is 0.798. The van der Waals surface area contributed by atoms with E-state index in [2.05, 4.69) is 18.8 Å². The number of aromatic nitrogens is 1. The predicted molar refractivity (Wildman–Crippen MR) is 61.9 cm³/mol. The molecule has 3 heteroatoms. The molecule has 0 unspecified atom stereocenters. The van der Waals surface area contributed by atoms with Crippen molar-refractivity contribution in [1.29, 1.82) is 0 Å². The third-order valence-electron chi connectivity index (χ3n) is 2.86. The van der Waals surface area contributed by atoms with Gasteiger partial charge >= 0.3 is 0 Å². The van der Waals surface area contributed by atoms with Crippen LogP contribution >= 0.6 is 0 Å². The summed E-state index contributed by atoms with van der Waals surface area (Å²) in [5, 5.41) is 0. The molecular formula is C12H20N2O. The van der Waals surface area contributed by atoms with E-state index >= 15 is 0 Å². The van der Waals surface area contributed by atoms with Gasteiger partial charge in [0.2, 0.25) is 0 Å². The van der Waals surface area contributed by atoms with Gasteiger partial charge in [-0.3, -0.25) is 4.98 Å². The molecule has 3 nitrogen and oxygen atoms in total. The standard InChI is InChI=1S/C12H20N2O/c1-4-12(13,5-2)10-7-11(15-6-3)9-14-8-10/h7-9H,4-6,13H2,1-3H3. The zero-order valence-electron chi connectivity index (χ0n) is 9.79. The highest BCUT2D eigenvalue weighted by atomic mass is 16.5. The molecule has 0 saturated carbocycles. The second-order valence-electron chi connectivity index (χ2n) is 3.71. The molecule has 0 aromatic carbocycles. The Labute approximate surface area is 91.7 Å². The Morgan fingerprint density at radius 2 is 1.93 bits per heavy atom. The summed E-state index contributed by atoms with van der Waals surface area (Å²) in [4.78, 5) is 4.16. The molecule has 0 aliphatic heterocycles. The summed E-state index contributed by atoms with van der Waals surface area (Å²) in [6, 6.07) is 1.99. The molecule has 0 aliphatic carbocycles. The highest BCUT2D eigenvalue weighted by Gasteiger charge is 2.23. The number of nitrogens with zero attached hydrogens (tertiary/aromatic N) is 1. The fourth-order valence-corrected chi connectivity index (χ4v) is 1.59. The van der Waals surface area contributed by atoms with Crippen molar-refractivity contribution in [3.8, 4) is 5.75 Å². The molecule has 0 fully saturated rings. The van der Waals surface area contributed by atoms with Crippen LogP contribution in [-0.2, 0) is 5.54 Å². The van der Waals surface area contributed by atoms with Crippen molar-refractivity contribution >= 4 is 0 Å². The Balaban J connectivity index is 2.98. The lowest BCUT2D eigenvalue weighted by Crippen LogP contribution is -2.35. The van der Waals surface area contributed by atoms with Crippen molar-refractivity contribution in [1.82, 2.24) is 4.98 Å². The van der Waals surface area contributed by atoms with Crippen LogP contribution in [0.1, 0.15) is 39.2 Å². The zero-order chi connectivity index (χ0) is 11.3. The Bertz CT molecular complexity index is 308. The average molecular weight is 208 g/mol. The lowest BCUT2D eigenvalue weighted by molar-refractivity contribution is 0.335. The van der Waals surface area contributed by atoms with Crippen LogP contribution in [0.5, 0.6) is 5.75 Å². The van der Waals surface area contributed by atoms with E-state index in [1.807, 2.05) is 19.2 Å². The minimum atomic E-state index is -0.278. The van der Waals surface area contributed by atoms with Gasteiger partial charge in [0, 0.05) is 11.7 Å². The highest BCUT2D eigenvalue weighted by molar-refractivity contribution is 5.29. The molecule has 15 heavy (non-hydrogen) atoms. The van der Waals surface area contributed by atoms with Gasteiger partial charge in [-0.15, -0.1) is 0 Å². The molecule has 0 aliphatic rings. The number of hydrogen-bond donors (Lipinski definition) is 1. The van der Waals surface area contributed by atoms with E-state index in [4.69, 9.17) is 10.5 Å². The number of hydrogen-bond acceptors (Lipinski definition) is 3. The molecule has 1 rings (SSSR count). The van der Waals surface area contributed by atoms with Crippen LogP contribution in [0.3, 0.4) is 0 Å². The van der Waals surface area contributed by atoms with Crippen LogP contribution in [0.4, 0.5) is 0 Å². The van der Waals surface area contributed by atoms with Crippen LogP contribution in [-0.4, -0.2) is 11.6 Å². The molecule has 0 spiro atoms. The first-order valence-electron chi connectivity index (χ1n) is 5.53. The summed E-state index contributed by atoms with van der Waals surface area (Å²) in [6.07, 6.45) is 5.36. The van der Waals surface area contributed by atoms with Crippen molar-refractivity contribution in [2.45, 2.75) is 39.2 Å². The third kappa shape index (κ3) is 2.69. The molecule has 0 saturated heterocycles. The van der Waals surface area contributed by atoms with Crippen molar-refractivity contribution in [2.24, 2.45) is 5.73 Å². The fourth-order valence-electron chi connectivity index (χ4n) is 1.59. The van der Waals surface area contributed by atoms with Crippen LogP contribution in [0.2, 0.25) is 0 Å². The Hall–Kier alpha value is -1.09.